The molecule has 0 heterocycles. The Balaban J connectivity index is 3.56. The van der Waals surface area contributed by atoms with Crippen LogP contribution in [0.4, 0.5) is 0 Å². The Bertz CT molecular complexity index is 148. The molecule has 0 radical (unpaired) electrons. The van der Waals surface area contributed by atoms with Gasteiger partial charge >= 0.3 is 0 Å². The molecule has 0 aliphatic heterocycles. The van der Waals surface area contributed by atoms with Gasteiger partial charge in [0, 0.05) is 0 Å². The Morgan fingerprint density at radius 2 is 2.14 bits per heavy atom. The highest BCUT2D eigenvalue weighted by Gasteiger charge is 2.05. The van der Waals surface area contributed by atoms with E-state index in [9.17, 15) is 0 Å². The van der Waals surface area contributed by atoms with Crippen molar-refractivity contribution >= 4 is 5.96 Å². The van der Waals surface area contributed by atoms with Gasteiger partial charge in [-0.25, -0.2) is 0 Å². The van der Waals surface area contributed by atoms with E-state index in [2.05, 4.69) is 17.6 Å². The molecule has 0 saturated carbocycles. The molecule has 0 aromatic rings. The lowest BCUT2D eigenvalue weighted by Crippen LogP contribution is -2.48. The van der Waals surface area contributed by atoms with E-state index in [0.717, 1.165) is 38.8 Å². The second-order valence-corrected chi connectivity index (χ2v) is 3.35. The highest BCUT2D eigenvalue weighted by atomic mass is 15.2. The highest BCUT2D eigenvalue weighted by molar-refractivity contribution is 5.74. The molecule has 14 heavy (non-hydrogen) atoms. The highest BCUT2D eigenvalue weighted by Crippen LogP contribution is 1.93. The van der Waals surface area contributed by atoms with Crippen LogP contribution in [0.2, 0.25) is 0 Å². The Hall–Kier alpha value is -0.810. The molecule has 7 N–H and O–H groups in total. The van der Waals surface area contributed by atoms with Crippen LogP contribution in [-0.4, -0.2) is 25.2 Å². The third-order valence-corrected chi connectivity index (χ3v) is 1.93. The van der Waals surface area contributed by atoms with Crippen molar-refractivity contribution in [2.24, 2.45) is 11.5 Å². The number of nitrogens with one attached hydrogen (secondary N) is 3. The molecule has 0 aliphatic rings. The second-order valence-electron chi connectivity index (χ2n) is 3.35. The molecule has 0 aliphatic carbocycles. The van der Waals surface area contributed by atoms with Crippen LogP contribution in [0.1, 0.15) is 32.6 Å². The largest absolute Gasteiger partial charge is 0.370 e. The summed E-state index contributed by atoms with van der Waals surface area (Å²) in [5.74, 6) is 0.0229. The zero-order valence-corrected chi connectivity index (χ0v) is 8.97. The third kappa shape index (κ3) is 7.82. The smallest absolute Gasteiger partial charge is 0.186 e. The van der Waals surface area contributed by atoms with Gasteiger partial charge in [0.25, 0.3) is 0 Å². The summed E-state index contributed by atoms with van der Waals surface area (Å²) in [5.41, 5.74) is 10.7. The summed E-state index contributed by atoms with van der Waals surface area (Å²) in [7, 11) is 0. The van der Waals surface area contributed by atoms with Crippen LogP contribution in [-0.2, 0) is 0 Å². The molecule has 0 rings (SSSR count). The lowest BCUT2D eigenvalue weighted by Gasteiger charge is -2.19. The van der Waals surface area contributed by atoms with Crippen LogP contribution < -0.4 is 22.1 Å². The van der Waals surface area contributed by atoms with E-state index in [1.54, 1.807) is 0 Å². The first-order valence-electron chi connectivity index (χ1n) is 5.24. The fourth-order valence-corrected chi connectivity index (χ4v) is 1.25. The summed E-state index contributed by atoms with van der Waals surface area (Å²) in [4.78, 5) is 0. The molecule has 84 valence electrons. The number of nitrogens with two attached hydrogens (primary N) is 2. The number of hydrogen-bond donors (Lipinski definition) is 5. The Labute approximate surface area is 86.1 Å². The monoisotopic (exact) mass is 201 g/mol. The summed E-state index contributed by atoms with van der Waals surface area (Å²) in [6.07, 6.45) is 4.26. The Kier molecular flexibility index (Phi) is 8.27. The van der Waals surface area contributed by atoms with E-state index in [1.807, 2.05) is 0 Å². The minimum atomic E-state index is 0.0229. The van der Waals surface area contributed by atoms with Crippen molar-refractivity contribution in [2.75, 3.05) is 13.1 Å². The minimum absolute atomic E-state index is 0.0229. The van der Waals surface area contributed by atoms with Crippen molar-refractivity contribution in [3.8, 4) is 0 Å². The van der Waals surface area contributed by atoms with Crippen LogP contribution in [0.5, 0.6) is 0 Å². The van der Waals surface area contributed by atoms with Crippen molar-refractivity contribution in [2.45, 2.75) is 38.8 Å². The average Bonchev–Trinajstić information content (AvgIpc) is 2.12. The predicted molar refractivity (Wildman–Crippen MR) is 60.0 cm³/mol. The molecule has 0 spiro atoms. The third-order valence-electron chi connectivity index (χ3n) is 1.93. The fraction of sp³-hybridized carbons (Fsp3) is 0.889. The molecule has 0 aromatic heterocycles. The van der Waals surface area contributed by atoms with Gasteiger partial charge in [-0.15, -0.1) is 0 Å². The molecule has 1 unspecified atom stereocenters. The van der Waals surface area contributed by atoms with Crippen LogP contribution in [0.15, 0.2) is 0 Å². The lowest BCUT2D eigenvalue weighted by atomic mass is 10.2. The maximum absolute atomic E-state index is 7.13. The van der Waals surface area contributed by atoms with Crippen LogP contribution in [0, 0.1) is 5.41 Å². The van der Waals surface area contributed by atoms with Gasteiger partial charge < -0.3 is 16.8 Å². The van der Waals surface area contributed by atoms with Crippen molar-refractivity contribution in [3.63, 3.8) is 0 Å². The molecule has 0 aromatic carbocycles. The van der Waals surface area contributed by atoms with Gasteiger partial charge in [0.15, 0.2) is 5.96 Å². The maximum atomic E-state index is 7.13. The van der Waals surface area contributed by atoms with Gasteiger partial charge in [-0.05, 0) is 32.4 Å². The molecular formula is C9H23N5. The number of hydrogen-bond acceptors (Lipinski definition) is 3. The van der Waals surface area contributed by atoms with E-state index in [1.165, 1.54) is 0 Å². The standard InChI is InChI=1S/C9H23N5/c1-2-5-8(14-9(11)12)13-7-4-3-6-10/h8,13H,2-7,10H2,1H3,(H4,11,12,14). The summed E-state index contributed by atoms with van der Waals surface area (Å²) in [6, 6.07) is 0. The van der Waals surface area contributed by atoms with Gasteiger partial charge in [0.05, 0.1) is 6.17 Å². The van der Waals surface area contributed by atoms with Crippen molar-refractivity contribution in [1.82, 2.24) is 10.6 Å². The zero-order chi connectivity index (χ0) is 10.8. The van der Waals surface area contributed by atoms with Gasteiger partial charge in [-0.1, -0.05) is 13.3 Å². The van der Waals surface area contributed by atoms with Crippen molar-refractivity contribution in [1.29, 1.82) is 5.41 Å². The van der Waals surface area contributed by atoms with Gasteiger partial charge in [-0.2, -0.15) is 0 Å². The molecule has 0 fully saturated rings. The van der Waals surface area contributed by atoms with Crippen LogP contribution in [0.25, 0.3) is 0 Å². The van der Waals surface area contributed by atoms with Crippen LogP contribution >= 0.6 is 0 Å². The minimum Gasteiger partial charge on any atom is -0.370 e. The Morgan fingerprint density at radius 3 is 2.64 bits per heavy atom. The summed E-state index contributed by atoms with van der Waals surface area (Å²) >= 11 is 0. The van der Waals surface area contributed by atoms with E-state index in [4.69, 9.17) is 16.9 Å². The second kappa shape index (κ2) is 8.77. The quantitative estimate of drug-likeness (QED) is 0.164. The number of unbranched alkanes of at least 4 members (excludes halogenated alkanes) is 1. The average molecular weight is 201 g/mol. The molecule has 0 saturated heterocycles. The Morgan fingerprint density at radius 1 is 1.43 bits per heavy atom. The summed E-state index contributed by atoms with van der Waals surface area (Å²) in [5, 5.41) is 13.3. The first kappa shape index (κ1) is 13.2. The topological polar surface area (TPSA) is 100.0 Å². The van der Waals surface area contributed by atoms with E-state index in [0.29, 0.717) is 0 Å². The normalized spacial score (nSPS) is 12.4. The molecule has 1 atom stereocenters. The SMILES string of the molecule is CCCC(NCCCCN)NC(=N)N. The van der Waals surface area contributed by atoms with E-state index >= 15 is 0 Å². The first-order chi connectivity index (χ1) is 6.70. The molecule has 5 heteroatoms. The molecular weight excluding hydrogens is 178 g/mol. The maximum Gasteiger partial charge on any atom is 0.186 e. The zero-order valence-electron chi connectivity index (χ0n) is 8.97. The van der Waals surface area contributed by atoms with Crippen molar-refractivity contribution in [3.05, 3.63) is 0 Å². The molecule has 5 nitrogen and oxygen atoms in total. The first-order valence-corrected chi connectivity index (χ1v) is 5.24. The van der Waals surface area contributed by atoms with Gasteiger partial charge in [0.1, 0.15) is 0 Å². The van der Waals surface area contributed by atoms with E-state index in [-0.39, 0.29) is 12.1 Å². The molecule has 0 bridgehead atoms. The summed E-state index contributed by atoms with van der Waals surface area (Å²) in [6.45, 7) is 3.76. The summed E-state index contributed by atoms with van der Waals surface area (Å²) < 4.78 is 0. The number of rotatable bonds is 8. The fourth-order valence-electron chi connectivity index (χ4n) is 1.25. The lowest BCUT2D eigenvalue weighted by molar-refractivity contribution is 0.442. The predicted octanol–water partition coefficient (Wildman–Crippen LogP) is -0.0758. The van der Waals surface area contributed by atoms with E-state index < -0.39 is 0 Å². The van der Waals surface area contributed by atoms with Gasteiger partial charge in [-0.3, -0.25) is 10.7 Å². The molecule has 0 amide bonds. The van der Waals surface area contributed by atoms with Gasteiger partial charge in [0.2, 0.25) is 0 Å². The number of guanidine groups is 1. The van der Waals surface area contributed by atoms with Crippen molar-refractivity contribution < 1.29 is 0 Å². The van der Waals surface area contributed by atoms with Crippen LogP contribution in [0.3, 0.4) is 0 Å².